The summed E-state index contributed by atoms with van der Waals surface area (Å²) in [6.07, 6.45) is 6.40. The number of carbonyl (C=O) groups is 1. The number of nitrogens with one attached hydrogen (secondary N) is 1. The smallest absolute Gasteiger partial charge is 0.217 e. The molecule has 2 aromatic rings. The van der Waals surface area contributed by atoms with E-state index in [4.69, 9.17) is 4.74 Å². The van der Waals surface area contributed by atoms with Crippen LogP contribution in [-0.4, -0.2) is 81.6 Å². The lowest BCUT2D eigenvalue weighted by Gasteiger charge is -2.36. The van der Waals surface area contributed by atoms with Gasteiger partial charge in [0.25, 0.3) is 0 Å². The molecule has 3 heterocycles. The number of carbonyl (C=O) groups excluding carboxylic acids is 1. The van der Waals surface area contributed by atoms with Crippen molar-refractivity contribution in [3.05, 3.63) is 48.3 Å². The number of β-amino-alcohol motifs (C(OH)–C–C–N with tert-alkyl or cyclic N) is 1. The van der Waals surface area contributed by atoms with Crippen LogP contribution in [0.1, 0.15) is 31.7 Å². The van der Waals surface area contributed by atoms with Gasteiger partial charge in [-0.3, -0.25) is 14.4 Å². The van der Waals surface area contributed by atoms with E-state index in [-0.39, 0.29) is 11.9 Å². The van der Waals surface area contributed by atoms with Crippen LogP contribution in [0.3, 0.4) is 0 Å². The van der Waals surface area contributed by atoms with E-state index < -0.39 is 5.60 Å². The molecule has 1 aromatic carbocycles. The minimum atomic E-state index is -0.656. The van der Waals surface area contributed by atoms with Gasteiger partial charge in [-0.05, 0) is 43.0 Å². The molecular formula is C24H35N5O3. The lowest BCUT2D eigenvalue weighted by atomic mass is 9.99. The minimum Gasteiger partial charge on any atom is -0.492 e. The Morgan fingerprint density at radius 2 is 2.00 bits per heavy atom. The molecule has 2 aliphatic rings. The SMILES string of the molecule is CC(=O)NC1CCN(C[C@]2(O)CCN(Cc3ccc(OCCn4cccn4)cc3)C2)CC1. The molecule has 2 N–H and O–H groups in total. The summed E-state index contributed by atoms with van der Waals surface area (Å²) in [5.41, 5.74) is 0.570. The van der Waals surface area contributed by atoms with Crippen molar-refractivity contribution in [2.45, 2.75) is 50.9 Å². The zero-order chi connectivity index (χ0) is 22.4. The largest absolute Gasteiger partial charge is 0.492 e. The fraction of sp³-hybridized carbons (Fsp3) is 0.583. The van der Waals surface area contributed by atoms with Gasteiger partial charge in [0, 0.05) is 64.6 Å². The van der Waals surface area contributed by atoms with Gasteiger partial charge in [-0.1, -0.05) is 12.1 Å². The van der Waals surface area contributed by atoms with Crippen molar-refractivity contribution < 1.29 is 14.6 Å². The Hall–Kier alpha value is -2.42. The van der Waals surface area contributed by atoms with Crippen LogP contribution in [-0.2, 0) is 17.9 Å². The van der Waals surface area contributed by atoms with Gasteiger partial charge in [-0.25, -0.2) is 0 Å². The highest BCUT2D eigenvalue weighted by Crippen LogP contribution is 2.26. The molecule has 0 aliphatic carbocycles. The molecule has 1 amide bonds. The van der Waals surface area contributed by atoms with Gasteiger partial charge < -0.3 is 20.1 Å². The molecule has 0 bridgehead atoms. The normalized spacial score (nSPS) is 22.8. The Balaban J connectivity index is 1.18. The number of piperidine rings is 1. The molecule has 0 radical (unpaired) electrons. The molecule has 8 heteroatoms. The summed E-state index contributed by atoms with van der Waals surface area (Å²) in [7, 11) is 0. The first-order chi connectivity index (χ1) is 15.5. The highest BCUT2D eigenvalue weighted by Gasteiger charge is 2.38. The number of rotatable bonds is 9. The molecule has 4 rings (SSSR count). The van der Waals surface area contributed by atoms with Gasteiger partial charge in [0.05, 0.1) is 12.1 Å². The standard InChI is InChI=1S/C24H35N5O3/c1-20(30)26-22-7-12-27(13-8-22)18-24(31)9-14-28(19-24)17-21-3-5-23(6-4-21)32-16-15-29-11-2-10-25-29/h2-6,10-11,22,31H,7-9,12-19H2,1H3,(H,26,30)/t24-/m1/s1. The van der Waals surface area contributed by atoms with Crippen LogP contribution >= 0.6 is 0 Å². The molecule has 8 nitrogen and oxygen atoms in total. The van der Waals surface area contributed by atoms with Gasteiger partial charge >= 0.3 is 0 Å². The van der Waals surface area contributed by atoms with Crippen LogP contribution < -0.4 is 10.1 Å². The second-order valence-electron chi connectivity index (χ2n) is 9.20. The van der Waals surface area contributed by atoms with Crippen molar-refractivity contribution in [3.8, 4) is 5.75 Å². The number of aromatic nitrogens is 2. The van der Waals surface area contributed by atoms with Crippen LogP contribution in [0.2, 0.25) is 0 Å². The summed E-state index contributed by atoms with van der Waals surface area (Å²) >= 11 is 0. The fourth-order valence-electron chi connectivity index (χ4n) is 4.78. The van der Waals surface area contributed by atoms with Crippen molar-refractivity contribution >= 4 is 5.91 Å². The molecule has 32 heavy (non-hydrogen) atoms. The first-order valence-electron chi connectivity index (χ1n) is 11.6. The maximum Gasteiger partial charge on any atom is 0.217 e. The monoisotopic (exact) mass is 441 g/mol. The third kappa shape index (κ3) is 6.54. The number of likely N-dealkylation sites (tertiary alicyclic amines) is 2. The lowest BCUT2D eigenvalue weighted by molar-refractivity contribution is -0.120. The number of amides is 1. The third-order valence-electron chi connectivity index (χ3n) is 6.40. The van der Waals surface area contributed by atoms with E-state index >= 15 is 0 Å². The molecule has 174 valence electrons. The van der Waals surface area contributed by atoms with Crippen molar-refractivity contribution in [3.63, 3.8) is 0 Å². The molecule has 0 saturated carbocycles. The first-order valence-corrected chi connectivity index (χ1v) is 11.6. The van der Waals surface area contributed by atoms with E-state index in [0.717, 1.165) is 57.7 Å². The van der Waals surface area contributed by atoms with Crippen LogP contribution in [0.15, 0.2) is 42.7 Å². The first kappa shape index (κ1) is 22.8. The van der Waals surface area contributed by atoms with Crippen molar-refractivity contribution in [2.24, 2.45) is 0 Å². The quantitative estimate of drug-likeness (QED) is 0.614. The molecule has 0 spiro atoms. The highest BCUT2D eigenvalue weighted by molar-refractivity contribution is 5.73. The van der Waals surface area contributed by atoms with Crippen LogP contribution in [0.4, 0.5) is 0 Å². The number of ether oxygens (including phenoxy) is 1. The Bertz CT molecular complexity index is 849. The van der Waals surface area contributed by atoms with Crippen LogP contribution in [0.5, 0.6) is 5.75 Å². The van der Waals surface area contributed by atoms with Crippen molar-refractivity contribution in [2.75, 3.05) is 39.3 Å². The van der Waals surface area contributed by atoms with E-state index in [0.29, 0.717) is 19.7 Å². The van der Waals surface area contributed by atoms with Crippen LogP contribution in [0, 0.1) is 0 Å². The second kappa shape index (κ2) is 10.5. The molecule has 1 atom stereocenters. The van der Waals surface area contributed by atoms with Crippen molar-refractivity contribution in [1.29, 1.82) is 0 Å². The van der Waals surface area contributed by atoms with E-state index in [2.05, 4.69) is 32.3 Å². The average molecular weight is 442 g/mol. The lowest BCUT2D eigenvalue weighted by Crippen LogP contribution is -2.50. The molecule has 0 unspecified atom stereocenters. The Morgan fingerprint density at radius 1 is 1.22 bits per heavy atom. The zero-order valence-electron chi connectivity index (χ0n) is 18.9. The summed E-state index contributed by atoms with van der Waals surface area (Å²) in [6.45, 7) is 7.88. The molecule has 2 saturated heterocycles. The molecule has 1 aromatic heterocycles. The topological polar surface area (TPSA) is 82.9 Å². The Kier molecular flexibility index (Phi) is 7.44. The molecule has 2 aliphatic heterocycles. The summed E-state index contributed by atoms with van der Waals surface area (Å²) < 4.78 is 7.66. The van der Waals surface area contributed by atoms with Gasteiger partial charge in [-0.2, -0.15) is 5.10 Å². The minimum absolute atomic E-state index is 0.0438. The predicted octanol–water partition coefficient (Wildman–Crippen LogP) is 1.50. The van der Waals surface area contributed by atoms with Crippen molar-refractivity contribution in [1.82, 2.24) is 24.9 Å². The maximum absolute atomic E-state index is 11.2. The summed E-state index contributed by atoms with van der Waals surface area (Å²) in [4.78, 5) is 15.9. The summed E-state index contributed by atoms with van der Waals surface area (Å²) in [6, 6.07) is 10.4. The second-order valence-corrected chi connectivity index (χ2v) is 9.20. The maximum atomic E-state index is 11.2. The third-order valence-corrected chi connectivity index (χ3v) is 6.40. The van der Waals surface area contributed by atoms with Gasteiger partial charge in [0.1, 0.15) is 12.4 Å². The van der Waals surface area contributed by atoms with Gasteiger partial charge in [0.15, 0.2) is 0 Å². The molecular weight excluding hydrogens is 406 g/mol. The Morgan fingerprint density at radius 3 is 2.69 bits per heavy atom. The summed E-state index contributed by atoms with van der Waals surface area (Å²) in [5, 5.41) is 18.3. The highest BCUT2D eigenvalue weighted by atomic mass is 16.5. The van der Waals surface area contributed by atoms with E-state index in [1.807, 2.05) is 29.1 Å². The van der Waals surface area contributed by atoms with Gasteiger partial charge in [0.2, 0.25) is 5.91 Å². The van der Waals surface area contributed by atoms with Crippen LogP contribution in [0.25, 0.3) is 0 Å². The summed E-state index contributed by atoms with van der Waals surface area (Å²) in [5.74, 6) is 0.906. The molecule has 2 fully saturated rings. The number of hydrogen-bond acceptors (Lipinski definition) is 6. The zero-order valence-corrected chi connectivity index (χ0v) is 18.9. The number of hydrogen-bond donors (Lipinski definition) is 2. The van der Waals surface area contributed by atoms with E-state index in [9.17, 15) is 9.90 Å². The Labute approximate surface area is 190 Å². The fourth-order valence-corrected chi connectivity index (χ4v) is 4.78. The predicted molar refractivity (Wildman–Crippen MR) is 122 cm³/mol. The number of aliphatic hydroxyl groups is 1. The average Bonchev–Trinajstić information content (AvgIpc) is 3.40. The van der Waals surface area contributed by atoms with E-state index in [1.54, 1.807) is 13.1 Å². The number of nitrogens with zero attached hydrogens (tertiary/aromatic N) is 4. The van der Waals surface area contributed by atoms with Gasteiger partial charge in [-0.15, -0.1) is 0 Å². The van der Waals surface area contributed by atoms with E-state index in [1.165, 1.54) is 5.56 Å². The number of benzene rings is 1.